The summed E-state index contributed by atoms with van der Waals surface area (Å²) in [6.07, 6.45) is 4.62. The Bertz CT molecular complexity index is 868. The van der Waals surface area contributed by atoms with E-state index in [4.69, 9.17) is 4.74 Å². The van der Waals surface area contributed by atoms with Crippen molar-refractivity contribution in [2.75, 3.05) is 11.9 Å². The lowest BCUT2D eigenvalue weighted by Crippen LogP contribution is -2.45. The molecule has 3 rings (SSSR count). The Morgan fingerprint density at radius 1 is 1.17 bits per heavy atom. The normalized spacial score (nSPS) is 21.5. The van der Waals surface area contributed by atoms with Crippen LogP contribution >= 0.6 is 0 Å². The number of benzene rings is 1. The molecular weight excluding hydrogens is 382 g/mol. The van der Waals surface area contributed by atoms with Crippen molar-refractivity contribution < 1.29 is 28.8 Å². The van der Waals surface area contributed by atoms with Crippen molar-refractivity contribution in [2.45, 2.75) is 25.8 Å². The van der Waals surface area contributed by atoms with Gasteiger partial charge in [-0.05, 0) is 31.9 Å². The van der Waals surface area contributed by atoms with Gasteiger partial charge in [0.25, 0.3) is 11.6 Å². The number of hydrogen-bond acceptors (Lipinski definition) is 7. The van der Waals surface area contributed by atoms with E-state index in [0.717, 1.165) is 4.90 Å². The Hall–Kier alpha value is -3.56. The number of carbonyl (C=O) groups excluding carboxylic acids is 4. The van der Waals surface area contributed by atoms with Crippen LogP contribution in [0.15, 0.2) is 36.4 Å². The quantitative estimate of drug-likeness (QED) is 0.250. The van der Waals surface area contributed by atoms with Crippen molar-refractivity contribution in [2.24, 2.45) is 11.8 Å². The zero-order valence-corrected chi connectivity index (χ0v) is 15.6. The highest BCUT2D eigenvalue weighted by atomic mass is 16.6. The maximum atomic E-state index is 12.5. The van der Waals surface area contributed by atoms with Gasteiger partial charge in [0.1, 0.15) is 6.04 Å². The zero-order valence-electron chi connectivity index (χ0n) is 15.6. The van der Waals surface area contributed by atoms with Crippen LogP contribution in [0.25, 0.3) is 0 Å². The van der Waals surface area contributed by atoms with E-state index in [1.165, 1.54) is 31.2 Å². The summed E-state index contributed by atoms with van der Waals surface area (Å²) in [4.78, 5) is 60.2. The molecule has 0 saturated carbocycles. The van der Waals surface area contributed by atoms with Gasteiger partial charge in [0.2, 0.25) is 11.8 Å². The van der Waals surface area contributed by atoms with Gasteiger partial charge in [0, 0.05) is 17.8 Å². The van der Waals surface area contributed by atoms with Crippen molar-refractivity contribution in [3.63, 3.8) is 0 Å². The number of imide groups is 1. The molecule has 0 aromatic heterocycles. The number of nitrogens with one attached hydrogen (secondary N) is 1. The van der Waals surface area contributed by atoms with Crippen molar-refractivity contribution in [3.8, 4) is 0 Å². The number of rotatable bonds is 6. The monoisotopic (exact) mass is 401 g/mol. The van der Waals surface area contributed by atoms with Crippen molar-refractivity contribution in [1.82, 2.24) is 4.90 Å². The predicted octanol–water partition coefficient (Wildman–Crippen LogP) is 1.42. The number of carbonyl (C=O) groups is 4. The summed E-state index contributed by atoms with van der Waals surface area (Å²) in [7, 11) is 0. The highest BCUT2D eigenvalue weighted by Crippen LogP contribution is 2.36. The number of non-ortho nitro benzene ring substituents is 1. The van der Waals surface area contributed by atoms with Gasteiger partial charge < -0.3 is 10.1 Å². The van der Waals surface area contributed by atoms with Gasteiger partial charge in [0.15, 0.2) is 6.61 Å². The predicted molar refractivity (Wildman–Crippen MR) is 99.4 cm³/mol. The summed E-state index contributed by atoms with van der Waals surface area (Å²) in [5, 5.41) is 13.1. The number of nitro benzene ring substituents is 1. The van der Waals surface area contributed by atoms with E-state index >= 15 is 0 Å². The molecule has 0 unspecified atom stereocenters. The number of anilines is 1. The molecule has 0 spiro atoms. The molecule has 1 aliphatic carbocycles. The second kappa shape index (κ2) is 8.21. The molecule has 3 atom stereocenters. The average Bonchev–Trinajstić information content (AvgIpc) is 2.96. The highest BCUT2D eigenvalue weighted by molar-refractivity contribution is 6.08. The first-order valence-electron chi connectivity index (χ1n) is 9.02. The molecule has 2 aliphatic rings. The molecular formula is C19H19N3O7. The van der Waals surface area contributed by atoms with E-state index in [1.54, 1.807) is 0 Å². The van der Waals surface area contributed by atoms with Gasteiger partial charge in [-0.25, -0.2) is 4.79 Å². The van der Waals surface area contributed by atoms with Crippen LogP contribution in [-0.4, -0.2) is 46.2 Å². The third kappa shape index (κ3) is 4.15. The third-order valence-corrected chi connectivity index (χ3v) is 4.98. The number of nitrogens with zero attached hydrogens (tertiary/aromatic N) is 2. The van der Waals surface area contributed by atoms with Crippen LogP contribution in [0, 0.1) is 22.0 Å². The minimum absolute atomic E-state index is 0.126. The number of ether oxygens (including phenoxy) is 1. The lowest BCUT2D eigenvalue weighted by atomic mass is 9.85. The summed E-state index contributed by atoms with van der Waals surface area (Å²) < 4.78 is 4.94. The fraction of sp³-hybridized carbons (Fsp3) is 0.368. The van der Waals surface area contributed by atoms with E-state index in [-0.39, 0.29) is 5.69 Å². The number of amides is 3. The molecule has 1 saturated heterocycles. The molecule has 152 valence electrons. The van der Waals surface area contributed by atoms with Gasteiger partial charge in [0.05, 0.1) is 16.8 Å². The molecule has 3 amide bonds. The first-order valence-corrected chi connectivity index (χ1v) is 9.02. The van der Waals surface area contributed by atoms with E-state index in [0.29, 0.717) is 18.5 Å². The number of hydrogen-bond donors (Lipinski definition) is 1. The summed E-state index contributed by atoms with van der Waals surface area (Å²) in [6.45, 7) is 0.766. The largest absolute Gasteiger partial charge is 0.454 e. The smallest absolute Gasteiger partial charge is 0.329 e. The minimum Gasteiger partial charge on any atom is -0.454 e. The zero-order chi connectivity index (χ0) is 21.1. The van der Waals surface area contributed by atoms with Crippen molar-refractivity contribution >= 4 is 35.1 Å². The van der Waals surface area contributed by atoms with E-state index in [2.05, 4.69) is 5.32 Å². The first-order chi connectivity index (χ1) is 13.8. The van der Waals surface area contributed by atoms with E-state index < -0.39 is 53.1 Å². The summed E-state index contributed by atoms with van der Waals surface area (Å²) in [5.41, 5.74) is 0.171. The molecule has 29 heavy (non-hydrogen) atoms. The SMILES string of the molecule is C[C@@H](C(=O)OCC(=O)Nc1ccc([N+](=O)[O-])cc1)N1C(=O)[C@H]2CC=CC[C@H]2C1=O. The van der Waals surface area contributed by atoms with Crippen LogP contribution in [0.3, 0.4) is 0 Å². The second-order valence-electron chi connectivity index (χ2n) is 6.84. The molecule has 1 aromatic carbocycles. The minimum atomic E-state index is -1.13. The molecule has 1 fully saturated rings. The first kappa shape index (κ1) is 20.2. The van der Waals surface area contributed by atoms with Crippen LogP contribution in [0.1, 0.15) is 19.8 Å². The molecule has 0 radical (unpaired) electrons. The summed E-state index contributed by atoms with van der Waals surface area (Å²) in [6, 6.07) is 4.01. The number of fused-ring (bicyclic) bond motifs is 1. The molecule has 10 nitrogen and oxygen atoms in total. The Labute approximate surface area is 165 Å². The lowest BCUT2D eigenvalue weighted by Gasteiger charge is -2.21. The molecule has 0 bridgehead atoms. The lowest BCUT2D eigenvalue weighted by molar-refractivity contribution is -0.384. The molecule has 1 N–H and O–H groups in total. The van der Waals surface area contributed by atoms with Gasteiger partial charge >= 0.3 is 5.97 Å². The van der Waals surface area contributed by atoms with Crippen LogP contribution < -0.4 is 5.32 Å². The maximum Gasteiger partial charge on any atom is 0.329 e. The summed E-state index contributed by atoms with van der Waals surface area (Å²) in [5.74, 6) is -3.22. The molecule has 1 heterocycles. The maximum absolute atomic E-state index is 12.5. The topological polar surface area (TPSA) is 136 Å². The van der Waals surface area contributed by atoms with Crippen LogP contribution in [-0.2, 0) is 23.9 Å². The van der Waals surface area contributed by atoms with E-state index in [9.17, 15) is 29.3 Å². The third-order valence-electron chi connectivity index (χ3n) is 4.98. The van der Waals surface area contributed by atoms with Gasteiger partial charge in [-0.2, -0.15) is 0 Å². The van der Waals surface area contributed by atoms with Gasteiger partial charge in [-0.3, -0.25) is 29.4 Å². The second-order valence-corrected chi connectivity index (χ2v) is 6.84. The molecule has 1 aromatic rings. The molecule has 1 aliphatic heterocycles. The van der Waals surface area contributed by atoms with Crippen LogP contribution in [0.4, 0.5) is 11.4 Å². The Morgan fingerprint density at radius 2 is 1.72 bits per heavy atom. The summed E-state index contributed by atoms with van der Waals surface area (Å²) >= 11 is 0. The Balaban J connectivity index is 1.53. The van der Waals surface area contributed by atoms with Gasteiger partial charge in [-0.15, -0.1) is 0 Å². The van der Waals surface area contributed by atoms with E-state index in [1.807, 2.05) is 12.2 Å². The highest BCUT2D eigenvalue weighted by Gasteiger charge is 2.50. The van der Waals surface area contributed by atoms with Crippen molar-refractivity contribution in [1.29, 1.82) is 0 Å². The fourth-order valence-electron chi connectivity index (χ4n) is 3.43. The van der Waals surface area contributed by atoms with Crippen LogP contribution in [0.5, 0.6) is 0 Å². The number of esters is 1. The number of likely N-dealkylation sites (tertiary alicyclic amines) is 1. The number of allylic oxidation sites excluding steroid dienone is 2. The average molecular weight is 401 g/mol. The Kier molecular flexibility index (Phi) is 5.71. The molecule has 10 heteroatoms. The fourth-order valence-corrected chi connectivity index (χ4v) is 3.43. The standard InChI is InChI=1S/C19H19N3O7/c1-11(21-17(24)14-4-2-3-5-15(14)18(21)25)19(26)29-10-16(23)20-12-6-8-13(9-7-12)22(27)28/h2-3,6-9,11,14-15H,4-5,10H2,1H3,(H,20,23)/t11-,14-,15+/m0/s1. The Morgan fingerprint density at radius 3 is 2.24 bits per heavy atom. The van der Waals surface area contributed by atoms with Crippen LogP contribution in [0.2, 0.25) is 0 Å². The number of nitro groups is 1. The van der Waals surface area contributed by atoms with Crippen molar-refractivity contribution in [3.05, 3.63) is 46.5 Å². The van der Waals surface area contributed by atoms with Gasteiger partial charge in [-0.1, -0.05) is 12.2 Å².